The Balaban J connectivity index is 2.57. The average molecular weight is 441 g/mol. The number of nitrogens with one attached hydrogen (secondary N) is 2. The monoisotopic (exact) mass is 440 g/mol. The Morgan fingerprint density at radius 3 is 2.72 bits per heavy atom. The summed E-state index contributed by atoms with van der Waals surface area (Å²) in [5, 5.41) is 6.01. The van der Waals surface area contributed by atoms with Gasteiger partial charge < -0.3 is 10.6 Å². The number of halogens is 2. The van der Waals surface area contributed by atoms with Crippen LogP contribution >= 0.6 is 50.7 Å². The first-order valence-electron chi connectivity index (χ1n) is 5.44. The van der Waals surface area contributed by atoms with Crippen molar-refractivity contribution in [2.45, 2.75) is 20.3 Å². The summed E-state index contributed by atoms with van der Waals surface area (Å²) in [6, 6.07) is 5.80. The topological polar surface area (TPSA) is 41.1 Å². The van der Waals surface area contributed by atoms with Crippen LogP contribution in [0.3, 0.4) is 0 Å². The van der Waals surface area contributed by atoms with Crippen LogP contribution < -0.4 is 10.6 Å². The fourth-order valence-electron chi connectivity index (χ4n) is 1.29. The molecule has 0 aromatic heterocycles. The Bertz CT molecular complexity index is 465. The molecule has 0 bridgehead atoms. The maximum Gasteiger partial charge on any atom is 0.226 e. The molecular weight excluding hydrogens is 427 g/mol. The van der Waals surface area contributed by atoms with Gasteiger partial charge in [0.05, 0.1) is 5.69 Å². The lowest BCUT2D eigenvalue weighted by Gasteiger charge is -2.12. The Morgan fingerprint density at radius 1 is 1.50 bits per heavy atom. The van der Waals surface area contributed by atoms with E-state index in [9.17, 15) is 4.79 Å². The Kier molecular flexibility index (Phi) is 6.51. The van der Waals surface area contributed by atoms with Crippen molar-refractivity contribution in [2.75, 3.05) is 5.32 Å². The van der Waals surface area contributed by atoms with Crippen molar-refractivity contribution >= 4 is 67.4 Å². The van der Waals surface area contributed by atoms with Crippen LogP contribution in [0, 0.1) is 9.49 Å². The van der Waals surface area contributed by atoms with Crippen molar-refractivity contribution in [3.8, 4) is 0 Å². The van der Waals surface area contributed by atoms with E-state index in [1.807, 2.05) is 32.0 Å². The SMILES string of the molecule is CC(C)CC(=O)NC(=S)Nc1ccc(Br)cc1I. The Hall–Kier alpha value is -0.210. The van der Waals surface area contributed by atoms with Gasteiger partial charge in [-0.15, -0.1) is 0 Å². The molecule has 0 saturated carbocycles. The zero-order chi connectivity index (χ0) is 13.7. The van der Waals surface area contributed by atoms with E-state index in [1.165, 1.54) is 0 Å². The summed E-state index contributed by atoms with van der Waals surface area (Å²) in [6.45, 7) is 3.99. The van der Waals surface area contributed by atoms with Gasteiger partial charge in [0.15, 0.2) is 5.11 Å². The van der Waals surface area contributed by atoms with Gasteiger partial charge in [-0.25, -0.2) is 0 Å². The van der Waals surface area contributed by atoms with Gasteiger partial charge in [0.2, 0.25) is 5.91 Å². The zero-order valence-corrected chi connectivity index (χ0v) is 14.6. The molecule has 0 radical (unpaired) electrons. The van der Waals surface area contributed by atoms with E-state index in [2.05, 4.69) is 49.2 Å². The molecule has 0 aliphatic carbocycles. The number of amides is 1. The minimum Gasteiger partial charge on any atom is -0.332 e. The van der Waals surface area contributed by atoms with Crippen LogP contribution in [0.5, 0.6) is 0 Å². The molecular formula is C12H14BrIN2OS. The van der Waals surface area contributed by atoms with Crippen molar-refractivity contribution in [2.24, 2.45) is 5.92 Å². The van der Waals surface area contributed by atoms with Crippen LogP contribution in [0.25, 0.3) is 0 Å². The largest absolute Gasteiger partial charge is 0.332 e. The molecule has 0 unspecified atom stereocenters. The fourth-order valence-corrected chi connectivity index (χ4v) is 2.96. The van der Waals surface area contributed by atoms with E-state index in [4.69, 9.17) is 12.2 Å². The lowest BCUT2D eigenvalue weighted by Crippen LogP contribution is -2.34. The molecule has 0 aliphatic heterocycles. The Labute approximate surface area is 134 Å². The quantitative estimate of drug-likeness (QED) is 0.553. The molecule has 2 N–H and O–H groups in total. The van der Waals surface area contributed by atoms with Crippen LogP contribution in [0.2, 0.25) is 0 Å². The van der Waals surface area contributed by atoms with E-state index >= 15 is 0 Å². The molecule has 3 nitrogen and oxygen atoms in total. The van der Waals surface area contributed by atoms with Crippen LogP contribution in [-0.2, 0) is 4.79 Å². The van der Waals surface area contributed by atoms with Crippen molar-refractivity contribution in [3.63, 3.8) is 0 Å². The van der Waals surface area contributed by atoms with Gasteiger partial charge in [-0.1, -0.05) is 29.8 Å². The average Bonchev–Trinajstić information content (AvgIpc) is 2.20. The summed E-state index contributed by atoms with van der Waals surface area (Å²) < 4.78 is 2.04. The van der Waals surface area contributed by atoms with E-state index in [0.29, 0.717) is 17.5 Å². The second-order valence-corrected chi connectivity index (χ2v) is 6.71. The van der Waals surface area contributed by atoms with Crippen LogP contribution in [0.1, 0.15) is 20.3 Å². The molecule has 0 fully saturated rings. The van der Waals surface area contributed by atoms with Gasteiger partial charge in [-0.2, -0.15) is 0 Å². The molecule has 98 valence electrons. The molecule has 0 saturated heterocycles. The predicted octanol–water partition coefficient (Wildman–Crippen LogP) is 3.91. The molecule has 6 heteroatoms. The highest BCUT2D eigenvalue weighted by molar-refractivity contribution is 14.1. The molecule has 1 aromatic rings. The number of hydrogen-bond donors (Lipinski definition) is 2. The molecule has 0 aliphatic rings. The first kappa shape index (κ1) is 15.8. The summed E-state index contributed by atoms with van der Waals surface area (Å²) in [6.07, 6.45) is 0.471. The lowest BCUT2D eigenvalue weighted by molar-refractivity contribution is -0.120. The third kappa shape index (κ3) is 5.62. The second kappa shape index (κ2) is 7.40. The highest BCUT2D eigenvalue weighted by atomic mass is 127. The highest BCUT2D eigenvalue weighted by Crippen LogP contribution is 2.22. The number of hydrogen-bond acceptors (Lipinski definition) is 2. The number of carbonyl (C=O) groups is 1. The molecule has 1 amide bonds. The summed E-state index contributed by atoms with van der Waals surface area (Å²) in [4.78, 5) is 11.5. The lowest BCUT2D eigenvalue weighted by atomic mass is 10.1. The highest BCUT2D eigenvalue weighted by Gasteiger charge is 2.08. The van der Waals surface area contributed by atoms with E-state index < -0.39 is 0 Å². The van der Waals surface area contributed by atoms with Crippen molar-refractivity contribution in [3.05, 3.63) is 26.2 Å². The number of thiocarbonyl (C=S) groups is 1. The maximum absolute atomic E-state index is 11.5. The van der Waals surface area contributed by atoms with Gasteiger partial charge in [0, 0.05) is 14.5 Å². The van der Waals surface area contributed by atoms with Crippen molar-refractivity contribution in [1.29, 1.82) is 0 Å². The van der Waals surface area contributed by atoms with E-state index in [0.717, 1.165) is 13.7 Å². The predicted molar refractivity (Wildman–Crippen MR) is 90.7 cm³/mol. The Morgan fingerprint density at radius 2 is 2.17 bits per heavy atom. The van der Waals surface area contributed by atoms with Gasteiger partial charge in [-0.05, 0) is 58.9 Å². The van der Waals surface area contributed by atoms with Crippen molar-refractivity contribution < 1.29 is 4.79 Å². The summed E-state index contributed by atoms with van der Waals surface area (Å²) in [5.41, 5.74) is 0.883. The fraction of sp³-hybridized carbons (Fsp3) is 0.333. The summed E-state index contributed by atoms with van der Waals surface area (Å²) >= 11 is 10.7. The second-order valence-electron chi connectivity index (χ2n) is 4.22. The summed E-state index contributed by atoms with van der Waals surface area (Å²) in [5.74, 6) is 0.259. The molecule has 1 aromatic carbocycles. The maximum atomic E-state index is 11.5. The molecule has 0 atom stereocenters. The van der Waals surface area contributed by atoms with E-state index in [-0.39, 0.29) is 5.91 Å². The molecule has 18 heavy (non-hydrogen) atoms. The van der Waals surface area contributed by atoms with Gasteiger partial charge in [0.1, 0.15) is 0 Å². The smallest absolute Gasteiger partial charge is 0.226 e. The number of anilines is 1. The normalized spacial score (nSPS) is 10.3. The first-order valence-corrected chi connectivity index (χ1v) is 7.72. The van der Waals surface area contributed by atoms with E-state index in [1.54, 1.807) is 0 Å². The minimum absolute atomic E-state index is 0.0605. The zero-order valence-electron chi connectivity index (χ0n) is 10.1. The van der Waals surface area contributed by atoms with Gasteiger partial charge in [-0.3, -0.25) is 4.79 Å². The first-order chi connectivity index (χ1) is 8.38. The number of benzene rings is 1. The van der Waals surface area contributed by atoms with Crippen LogP contribution in [0.15, 0.2) is 22.7 Å². The third-order valence-corrected chi connectivity index (χ3v) is 3.62. The molecule has 0 spiro atoms. The minimum atomic E-state index is -0.0605. The molecule has 1 rings (SSSR count). The number of carbonyl (C=O) groups excluding carboxylic acids is 1. The molecule has 0 heterocycles. The van der Waals surface area contributed by atoms with Gasteiger partial charge >= 0.3 is 0 Å². The third-order valence-electron chi connectivity index (χ3n) is 2.03. The summed E-state index contributed by atoms with van der Waals surface area (Å²) in [7, 11) is 0. The number of rotatable bonds is 3. The van der Waals surface area contributed by atoms with Crippen molar-refractivity contribution in [1.82, 2.24) is 5.32 Å². The van der Waals surface area contributed by atoms with Gasteiger partial charge in [0.25, 0.3) is 0 Å². The standard InChI is InChI=1S/C12H14BrIN2OS/c1-7(2)5-11(17)16-12(18)15-10-4-3-8(13)6-9(10)14/h3-4,6-7H,5H2,1-2H3,(H2,15,16,17,18). The van der Waals surface area contributed by atoms with Crippen LogP contribution in [-0.4, -0.2) is 11.0 Å². The van der Waals surface area contributed by atoms with Crippen LogP contribution in [0.4, 0.5) is 5.69 Å².